The second kappa shape index (κ2) is 25.9. The molecule has 0 aromatic heterocycles. The largest absolute Gasteiger partial charge is 0.486 e. The van der Waals surface area contributed by atoms with Crippen molar-refractivity contribution in [3.05, 3.63) is 166 Å². The number of nitrogens with two attached hydrogens (primary N) is 1. The number of hydrogen-bond donors (Lipinski definition) is 5. The highest BCUT2D eigenvalue weighted by Gasteiger charge is 2.32. The Morgan fingerprint density at radius 2 is 0.926 bits per heavy atom. The minimum atomic E-state index is -1.43. The number of aliphatic carboxylic acids is 1. The molecule has 6 aromatic carbocycles. The smallest absolute Gasteiger partial charge is 0.377 e. The zero-order chi connectivity index (χ0) is 58.2. The Bertz CT molecular complexity index is 3180. The molecular weight excluding hydrogens is 1040 g/mol. The number of nitrogens with zero attached hydrogens (tertiary/aromatic N) is 2. The molecule has 4 aliphatic heterocycles. The summed E-state index contributed by atoms with van der Waals surface area (Å²) >= 11 is 0. The van der Waals surface area contributed by atoms with E-state index in [0.717, 1.165) is 54.9 Å². The number of ketones is 2. The maximum absolute atomic E-state index is 14.7. The highest BCUT2D eigenvalue weighted by molar-refractivity contribution is 6.43. The molecule has 6 N–H and O–H groups in total. The summed E-state index contributed by atoms with van der Waals surface area (Å²) in [5, 5.41) is 32.8. The fourth-order valence-electron chi connectivity index (χ4n) is 9.55. The van der Waals surface area contributed by atoms with Gasteiger partial charge >= 0.3 is 5.97 Å². The summed E-state index contributed by atoms with van der Waals surface area (Å²) in [7, 11) is 0. The Balaban J connectivity index is 0.000000194. The number of hydrogen-bond acceptors (Lipinski definition) is 13. The lowest BCUT2D eigenvalue weighted by atomic mass is 9.86. The first-order valence-electron chi connectivity index (χ1n) is 27.3. The van der Waals surface area contributed by atoms with Gasteiger partial charge in [0.15, 0.2) is 34.6 Å². The van der Waals surface area contributed by atoms with Crippen molar-refractivity contribution >= 4 is 23.4 Å². The predicted molar refractivity (Wildman–Crippen MR) is 306 cm³/mol. The summed E-state index contributed by atoms with van der Waals surface area (Å²) in [6.07, 6.45) is 0.00298. The summed E-state index contributed by atoms with van der Waals surface area (Å²) in [6, 6.07) is 34.4. The Morgan fingerprint density at radius 3 is 1.31 bits per heavy atom. The molecule has 81 heavy (non-hydrogen) atoms. The van der Waals surface area contributed by atoms with Crippen molar-refractivity contribution in [2.45, 2.75) is 89.5 Å². The SMILES string of the molecule is CC(C)(C)c1ccc(-c2ccc(C(=O)C(=O)N[C@H](CN3CCC3)[C@H](O)c3cc(F)c4c(c3)OCCO4)cc2)cc1.CC(C)(C)c1ccc(-c2ccc(C(=O)C(=O)O)cc2)cc1.N[C@H](CN1CCC1)[C@H](O)c1cc(F)c2c(c1)OCCO2.[HH]. The van der Waals surface area contributed by atoms with E-state index in [1.54, 1.807) is 42.5 Å². The maximum Gasteiger partial charge on any atom is 0.377 e. The monoisotopic (exact) mass is 1110 g/mol. The fourth-order valence-corrected chi connectivity index (χ4v) is 9.55. The summed E-state index contributed by atoms with van der Waals surface area (Å²) in [6.45, 7) is 18.8. The molecule has 15 nitrogen and oxygen atoms in total. The van der Waals surface area contributed by atoms with Gasteiger partial charge in [0.2, 0.25) is 5.78 Å². The van der Waals surface area contributed by atoms with E-state index in [0.29, 0.717) is 37.6 Å². The molecule has 2 saturated heterocycles. The molecule has 0 saturated carbocycles. The number of halogens is 2. The van der Waals surface area contributed by atoms with Gasteiger partial charge in [-0.25, -0.2) is 13.6 Å². The number of Topliss-reactive ketones (excluding diaryl/α,β-unsaturated/α-hetero) is 2. The van der Waals surface area contributed by atoms with Crippen molar-refractivity contribution in [1.82, 2.24) is 15.1 Å². The number of carbonyl (C=O) groups is 4. The van der Waals surface area contributed by atoms with Crippen molar-refractivity contribution in [1.29, 1.82) is 0 Å². The third kappa shape index (κ3) is 15.1. The number of likely N-dealkylation sites (tertiary alicyclic amines) is 2. The van der Waals surface area contributed by atoms with Crippen molar-refractivity contribution in [3.63, 3.8) is 0 Å². The molecule has 10 rings (SSSR count). The quantitative estimate of drug-likeness (QED) is 0.0479. The van der Waals surface area contributed by atoms with E-state index in [1.165, 1.54) is 35.7 Å². The van der Waals surface area contributed by atoms with E-state index < -0.39 is 59.4 Å². The number of ether oxygens (including phenoxy) is 4. The Labute approximate surface area is 473 Å². The first-order valence-corrected chi connectivity index (χ1v) is 27.3. The standard InChI is InChI=1S/C32H35FN2O5.C18H18O3.C14H19FN2O3.H2/c1-32(2,3)24-11-9-21(10-12-24)20-5-7-22(8-6-20)29(37)31(38)34-26(19-35-13-4-14-35)28(36)23-17-25(33)30-27(18-23)39-15-16-40-30;1-18(2,3)15-10-8-13(9-11-15)12-4-6-14(7-5-12)16(19)17(20)21;15-10-6-9(7-12-14(10)20-5-4-19-12)13(18)11(16)8-17-2-1-3-17;/h5-12,17-18,26,28,36H,4,13-16,19H2,1-3H3,(H,34,38);4-11H,1-3H3,(H,20,21);6-7,11,13,18H,1-5,8,16H2;1H/t26-,28-;;11-,13-;/m1.1./s1. The van der Waals surface area contributed by atoms with Crippen LogP contribution in [0.4, 0.5) is 8.78 Å². The van der Waals surface area contributed by atoms with E-state index in [2.05, 4.69) is 80.9 Å². The highest BCUT2D eigenvalue weighted by Crippen LogP contribution is 2.38. The van der Waals surface area contributed by atoms with Gasteiger partial charge in [0, 0.05) is 31.7 Å². The maximum atomic E-state index is 14.7. The number of carboxylic acid groups (broad SMARTS) is 1. The lowest BCUT2D eigenvalue weighted by molar-refractivity contribution is -0.131. The second-order valence-corrected chi connectivity index (χ2v) is 22.8. The van der Waals surface area contributed by atoms with Crippen LogP contribution in [0, 0.1) is 11.6 Å². The van der Waals surface area contributed by atoms with Crippen LogP contribution in [0.5, 0.6) is 23.0 Å². The first-order chi connectivity index (χ1) is 38.5. The molecule has 17 heteroatoms. The molecule has 0 aliphatic carbocycles. The van der Waals surface area contributed by atoms with Crippen LogP contribution in [0.25, 0.3) is 22.3 Å². The summed E-state index contributed by atoms with van der Waals surface area (Å²) < 4.78 is 50.0. The van der Waals surface area contributed by atoms with Gasteiger partial charge < -0.3 is 55.1 Å². The number of nitrogens with one attached hydrogen (secondary N) is 1. The van der Waals surface area contributed by atoms with E-state index >= 15 is 0 Å². The molecule has 4 aliphatic rings. The van der Waals surface area contributed by atoms with Gasteiger partial charge in [0.05, 0.1) is 12.1 Å². The molecule has 4 heterocycles. The van der Waals surface area contributed by atoms with Crippen LogP contribution in [-0.4, -0.2) is 126 Å². The molecule has 0 spiro atoms. The third-order valence-corrected chi connectivity index (χ3v) is 14.7. The van der Waals surface area contributed by atoms with Gasteiger partial charge in [-0.15, -0.1) is 0 Å². The lowest BCUT2D eigenvalue weighted by Gasteiger charge is -2.36. The van der Waals surface area contributed by atoms with Gasteiger partial charge in [0.25, 0.3) is 11.7 Å². The van der Waals surface area contributed by atoms with Crippen molar-refractivity contribution in [3.8, 4) is 45.3 Å². The molecular formula is C64H74F2N4O11. The molecule has 430 valence electrons. The average Bonchev–Trinajstić information content (AvgIpc) is 3.51. The molecule has 0 radical (unpaired) electrons. The van der Waals surface area contributed by atoms with Crippen LogP contribution >= 0.6 is 0 Å². The van der Waals surface area contributed by atoms with Crippen molar-refractivity contribution in [2.75, 3.05) is 65.7 Å². The van der Waals surface area contributed by atoms with Crippen LogP contribution < -0.4 is 30.0 Å². The summed E-state index contributed by atoms with van der Waals surface area (Å²) in [5.74, 6) is -4.36. The normalized spacial score (nSPS) is 16.3. The minimum Gasteiger partial charge on any atom is -0.486 e. The van der Waals surface area contributed by atoms with Gasteiger partial charge in [-0.2, -0.15) is 0 Å². The second-order valence-electron chi connectivity index (χ2n) is 22.8. The molecule has 4 atom stereocenters. The summed E-state index contributed by atoms with van der Waals surface area (Å²) in [4.78, 5) is 52.3. The number of carbonyl (C=O) groups excluding carboxylic acids is 3. The van der Waals surface area contributed by atoms with Gasteiger partial charge in [-0.05, 0) is 119 Å². The minimum absolute atomic E-state index is 0. The number of amides is 1. The zero-order valence-corrected chi connectivity index (χ0v) is 46.7. The van der Waals surface area contributed by atoms with Crippen LogP contribution in [0.2, 0.25) is 0 Å². The summed E-state index contributed by atoms with van der Waals surface area (Å²) in [5.41, 5.74) is 13.7. The number of aliphatic hydroxyl groups excluding tert-OH is 2. The van der Waals surface area contributed by atoms with Gasteiger partial charge in [0.1, 0.15) is 32.5 Å². The molecule has 0 bridgehead atoms. The van der Waals surface area contributed by atoms with Crippen LogP contribution in [0.15, 0.2) is 121 Å². The van der Waals surface area contributed by atoms with Crippen LogP contribution in [0.3, 0.4) is 0 Å². The van der Waals surface area contributed by atoms with Crippen LogP contribution in [-0.2, 0) is 20.4 Å². The first kappa shape index (κ1) is 59.6. The van der Waals surface area contributed by atoms with E-state index in [-0.39, 0.29) is 59.4 Å². The van der Waals surface area contributed by atoms with Crippen molar-refractivity contribution < 1.29 is 63.7 Å². The van der Waals surface area contributed by atoms with E-state index in [1.807, 2.05) is 36.4 Å². The number of aliphatic hydroxyl groups is 2. The van der Waals surface area contributed by atoms with E-state index in [4.69, 9.17) is 29.8 Å². The number of carboxylic acids is 1. The lowest BCUT2D eigenvalue weighted by Crippen LogP contribution is -2.52. The number of fused-ring (bicyclic) bond motifs is 2. The molecule has 2 fully saturated rings. The predicted octanol–water partition coefficient (Wildman–Crippen LogP) is 9.50. The zero-order valence-electron chi connectivity index (χ0n) is 46.7. The molecule has 0 unspecified atom stereocenters. The third-order valence-electron chi connectivity index (χ3n) is 14.7. The number of rotatable bonds is 15. The topological polar surface area (TPSA) is 210 Å². The van der Waals surface area contributed by atoms with Crippen molar-refractivity contribution in [2.24, 2.45) is 5.73 Å². The average molecular weight is 1110 g/mol. The Hall–Kier alpha value is -7.54. The van der Waals surface area contributed by atoms with Crippen LogP contribution in [0.1, 0.15) is 111 Å². The van der Waals surface area contributed by atoms with Gasteiger partial charge in [-0.3, -0.25) is 14.4 Å². The number of benzene rings is 6. The van der Waals surface area contributed by atoms with E-state index in [9.17, 15) is 38.2 Å². The Morgan fingerprint density at radius 1 is 0.556 bits per heavy atom. The van der Waals surface area contributed by atoms with Gasteiger partial charge in [-0.1, -0.05) is 139 Å². The molecule has 1 amide bonds. The highest BCUT2D eigenvalue weighted by atomic mass is 19.1. The Kier molecular flexibility index (Phi) is 19.1. The fraction of sp³-hybridized carbons (Fsp3) is 0.375. The molecule has 6 aromatic rings.